The van der Waals surface area contributed by atoms with E-state index < -0.39 is 15.9 Å². The van der Waals surface area contributed by atoms with Crippen LogP contribution in [0.3, 0.4) is 0 Å². The van der Waals surface area contributed by atoms with E-state index in [2.05, 4.69) is 6.92 Å². The standard InChI is InChI=1S/C14H28N2O3S/c1-5-6-8-16(11-7-9-20(18,19)10-11)13(17)12(15)14(2,3)4/h11-12H,5-10,15H2,1-4H3. The molecule has 0 aliphatic carbocycles. The summed E-state index contributed by atoms with van der Waals surface area (Å²) in [6.45, 7) is 8.44. The number of carbonyl (C=O) groups is 1. The van der Waals surface area contributed by atoms with Crippen molar-refractivity contribution in [1.29, 1.82) is 0 Å². The third-order valence-corrected chi connectivity index (χ3v) is 5.63. The van der Waals surface area contributed by atoms with E-state index in [4.69, 9.17) is 5.73 Å². The van der Waals surface area contributed by atoms with Crippen molar-refractivity contribution in [3.8, 4) is 0 Å². The molecular weight excluding hydrogens is 276 g/mol. The Kier molecular flexibility index (Phi) is 5.61. The molecule has 1 aliphatic rings. The van der Waals surface area contributed by atoms with Crippen molar-refractivity contribution in [2.75, 3.05) is 18.1 Å². The third kappa shape index (κ3) is 4.45. The second-order valence-electron chi connectivity index (χ2n) is 6.79. The van der Waals surface area contributed by atoms with Gasteiger partial charge in [-0.1, -0.05) is 34.1 Å². The first-order valence-electron chi connectivity index (χ1n) is 7.35. The first-order chi connectivity index (χ1) is 9.08. The van der Waals surface area contributed by atoms with Crippen LogP contribution in [0, 0.1) is 5.41 Å². The fourth-order valence-corrected chi connectivity index (χ4v) is 4.10. The Balaban J connectivity index is 2.87. The van der Waals surface area contributed by atoms with Crippen molar-refractivity contribution in [2.24, 2.45) is 11.1 Å². The molecule has 1 heterocycles. The molecule has 1 saturated heterocycles. The molecule has 20 heavy (non-hydrogen) atoms. The third-order valence-electron chi connectivity index (χ3n) is 3.88. The van der Waals surface area contributed by atoms with Crippen LogP contribution < -0.4 is 5.73 Å². The quantitative estimate of drug-likeness (QED) is 0.827. The van der Waals surface area contributed by atoms with E-state index in [1.165, 1.54) is 0 Å². The molecule has 1 fully saturated rings. The van der Waals surface area contributed by atoms with Gasteiger partial charge in [-0.2, -0.15) is 0 Å². The lowest BCUT2D eigenvalue weighted by molar-refractivity contribution is -0.137. The van der Waals surface area contributed by atoms with Gasteiger partial charge in [0.15, 0.2) is 9.84 Å². The van der Waals surface area contributed by atoms with Crippen LogP contribution in [0.25, 0.3) is 0 Å². The maximum Gasteiger partial charge on any atom is 0.240 e. The van der Waals surface area contributed by atoms with Gasteiger partial charge in [0.05, 0.1) is 17.5 Å². The lowest BCUT2D eigenvalue weighted by atomic mass is 9.86. The smallest absolute Gasteiger partial charge is 0.240 e. The molecule has 0 aromatic heterocycles. The summed E-state index contributed by atoms with van der Waals surface area (Å²) in [5, 5.41) is 0. The first kappa shape index (κ1) is 17.4. The van der Waals surface area contributed by atoms with Crippen LogP contribution in [0.1, 0.15) is 47.0 Å². The summed E-state index contributed by atoms with van der Waals surface area (Å²) in [6, 6.07) is -0.796. The van der Waals surface area contributed by atoms with E-state index in [0.717, 1.165) is 12.8 Å². The van der Waals surface area contributed by atoms with Crippen LogP contribution in [0.5, 0.6) is 0 Å². The van der Waals surface area contributed by atoms with Gasteiger partial charge in [-0.05, 0) is 18.3 Å². The summed E-state index contributed by atoms with van der Waals surface area (Å²) in [5.74, 6) is 0.144. The summed E-state index contributed by atoms with van der Waals surface area (Å²) in [5.41, 5.74) is 5.74. The van der Waals surface area contributed by atoms with Gasteiger partial charge in [-0.3, -0.25) is 4.79 Å². The zero-order chi connectivity index (χ0) is 15.6. The van der Waals surface area contributed by atoms with Crippen molar-refractivity contribution in [1.82, 2.24) is 4.90 Å². The topological polar surface area (TPSA) is 80.5 Å². The Morgan fingerprint density at radius 3 is 2.40 bits per heavy atom. The average Bonchev–Trinajstić information content (AvgIpc) is 2.67. The summed E-state index contributed by atoms with van der Waals surface area (Å²) in [4.78, 5) is 14.3. The highest BCUT2D eigenvalue weighted by atomic mass is 32.2. The largest absolute Gasteiger partial charge is 0.337 e. The normalized spacial score (nSPS) is 23.6. The highest BCUT2D eigenvalue weighted by Gasteiger charge is 2.38. The lowest BCUT2D eigenvalue weighted by Gasteiger charge is -2.35. The van der Waals surface area contributed by atoms with Crippen molar-refractivity contribution in [2.45, 2.75) is 59.0 Å². The van der Waals surface area contributed by atoms with Crippen molar-refractivity contribution < 1.29 is 13.2 Å². The van der Waals surface area contributed by atoms with Gasteiger partial charge < -0.3 is 10.6 Å². The highest BCUT2D eigenvalue weighted by Crippen LogP contribution is 2.24. The van der Waals surface area contributed by atoms with Gasteiger partial charge in [-0.25, -0.2) is 8.42 Å². The van der Waals surface area contributed by atoms with E-state index >= 15 is 0 Å². The zero-order valence-corrected chi connectivity index (χ0v) is 13.9. The molecular formula is C14H28N2O3S. The van der Waals surface area contributed by atoms with Crippen LogP contribution in [-0.4, -0.2) is 49.4 Å². The van der Waals surface area contributed by atoms with E-state index in [1.807, 2.05) is 20.8 Å². The predicted octanol–water partition coefficient (Wildman–Crippen LogP) is 1.18. The summed E-state index contributed by atoms with van der Waals surface area (Å²) in [7, 11) is -2.99. The van der Waals surface area contributed by atoms with E-state index in [0.29, 0.717) is 13.0 Å². The molecule has 1 aliphatic heterocycles. The lowest BCUT2D eigenvalue weighted by Crippen LogP contribution is -2.54. The highest BCUT2D eigenvalue weighted by molar-refractivity contribution is 7.91. The van der Waals surface area contributed by atoms with Gasteiger partial charge in [0, 0.05) is 12.6 Å². The minimum Gasteiger partial charge on any atom is -0.337 e. The number of hydrogen-bond donors (Lipinski definition) is 1. The Bertz CT molecular complexity index is 440. The monoisotopic (exact) mass is 304 g/mol. The molecule has 1 rings (SSSR count). The maximum atomic E-state index is 12.6. The molecule has 0 bridgehead atoms. The van der Waals surface area contributed by atoms with Crippen LogP contribution >= 0.6 is 0 Å². The minimum atomic E-state index is -2.99. The molecule has 0 aromatic rings. The SMILES string of the molecule is CCCCN(C(=O)C(N)C(C)(C)C)C1CCS(=O)(=O)C1. The molecule has 118 valence electrons. The van der Waals surface area contributed by atoms with Gasteiger partial charge >= 0.3 is 0 Å². The van der Waals surface area contributed by atoms with Gasteiger partial charge in [0.25, 0.3) is 0 Å². The van der Waals surface area contributed by atoms with Crippen LogP contribution in [0.4, 0.5) is 0 Å². The van der Waals surface area contributed by atoms with Crippen LogP contribution in [0.2, 0.25) is 0 Å². The average molecular weight is 304 g/mol. The predicted molar refractivity (Wildman–Crippen MR) is 81.1 cm³/mol. The van der Waals surface area contributed by atoms with Crippen molar-refractivity contribution in [3.63, 3.8) is 0 Å². The van der Waals surface area contributed by atoms with E-state index in [-0.39, 0.29) is 28.9 Å². The molecule has 6 heteroatoms. The van der Waals surface area contributed by atoms with Gasteiger partial charge in [-0.15, -0.1) is 0 Å². The fourth-order valence-electron chi connectivity index (χ4n) is 2.37. The van der Waals surface area contributed by atoms with Crippen molar-refractivity contribution >= 4 is 15.7 Å². The molecule has 5 nitrogen and oxygen atoms in total. The second-order valence-corrected chi connectivity index (χ2v) is 9.01. The Morgan fingerprint density at radius 2 is 2.00 bits per heavy atom. The summed E-state index contributed by atoms with van der Waals surface area (Å²) < 4.78 is 23.3. The first-order valence-corrected chi connectivity index (χ1v) is 9.17. The molecule has 0 saturated carbocycles. The number of rotatable bonds is 5. The molecule has 0 spiro atoms. The summed E-state index contributed by atoms with van der Waals surface area (Å²) in [6.07, 6.45) is 2.38. The fraction of sp³-hybridized carbons (Fsp3) is 0.929. The molecule has 2 unspecified atom stereocenters. The van der Waals surface area contributed by atoms with E-state index in [1.54, 1.807) is 4.90 Å². The van der Waals surface area contributed by atoms with Crippen LogP contribution in [0.15, 0.2) is 0 Å². The molecule has 1 amide bonds. The number of nitrogens with zero attached hydrogens (tertiary/aromatic N) is 1. The zero-order valence-electron chi connectivity index (χ0n) is 13.1. The minimum absolute atomic E-state index is 0.0827. The van der Waals surface area contributed by atoms with Crippen LogP contribution in [-0.2, 0) is 14.6 Å². The molecule has 2 N–H and O–H groups in total. The maximum absolute atomic E-state index is 12.6. The molecule has 0 radical (unpaired) electrons. The Hall–Kier alpha value is -0.620. The van der Waals surface area contributed by atoms with Gasteiger partial charge in [0.1, 0.15) is 0 Å². The Morgan fingerprint density at radius 1 is 1.40 bits per heavy atom. The molecule has 0 aromatic carbocycles. The number of sulfone groups is 1. The number of amides is 1. The Labute approximate surface area is 122 Å². The van der Waals surface area contributed by atoms with E-state index in [9.17, 15) is 13.2 Å². The van der Waals surface area contributed by atoms with Crippen molar-refractivity contribution in [3.05, 3.63) is 0 Å². The number of unbranched alkanes of at least 4 members (excludes halogenated alkanes) is 1. The number of nitrogens with two attached hydrogens (primary N) is 1. The molecule has 2 atom stereocenters. The second kappa shape index (κ2) is 6.43. The number of hydrogen-bond acceptors (Lipinski definition) is 4. The summed E-state index contributed by atoms with van der Waals surface area (Å²) >= 11 is 0. The van der Waals surface area contributed by atoms with Gasteiger partial charge in [0.2, 0.25) is 5.91 Å². The number of carbonyl (C=O) groups excluding carboxylic acids is 1.